The van der Waals surface area contributed by atoms with Gasteiger partial charge in [-0.05, 0) is 5.56 Å². The first-order chi connectivity index (χ1) is 11.7. The van der Waals surface area contributed by atoms with Crippen molar-refractivity contribution in [2.75, 3.05) is 20.1 Å². The van der Waals surface area contributed by atoms with Crippen LogP contribution >= 0.6 is 11.3 Å². The molecule has 1 aromatic heterocycles. The minimum Gasteiger partial charge on any atom is -0.346 e. The summed E-state index contributed by atoms with van der Waals surface area (Å²) in [5.74, 6) is -0.139. The van der Waals surface area contributed by atoms with Gasteiger partial charge in [0.05, 0.1) is 5.69 Å². The van der Waals surface area contributed by atoms with Gasteiger partial charge in [0, 0.05) is 44.4 Å². The molecule has 0 spiro atoms. The molecule has 126 valence electrons. The van der Waals surface area contributed by atoms with Crippen LogP contribution in [0.1, 0.15) is 25.9 Å². The summed E-state index contributed by atoms with van der Waals surface area (Å²) in [7, 11) is 1.64. The lowest BCUT2D eigenvalue weighted by molar-refractivity contribution is 0.0950. The average molecular weight is 344 g/mol. The fourth-order valence-corrected chi connectivity index (χ4v) is 3.69. The molecule has 0 aliphatic carbocycles. The summed E-state index contributed by atoms with van der Waals surface area (Å²) in [4.78, 5) is 31.4. The van der Waals surface area contributed by atoms with Gasteiger partial charge in [-0.25, -0.2) is 9.78 Å². The first-order valence-electron chi connectivity index (χ1n) is 7.94. The fraction of sp³-hybridized carbons (Fsp3) is 0.353. The molecular formula is C17H20N4O2S. The van der Waals surface area contributed by atoms with Gasteiger partial charge >= 0.3 is 6.03 Å². The zero-order valence-corrected chi connectivity index (χ0v) is 14.4. The van der Waals surface area contributed by atoms with Crippen LogP contribution in [0.4, 0.5) is 4.79 Å². The Morgan fingerprint density at radius 2 is 1.96 bits per heavy atom. The highest BCUT2D eigenvalue weighted by Crippen LogP contribution is 2.23. The zero-order valence-electron chi connectivity index (χ0n) is 13.5. The van der Waals surface area contributed by atoms with Gasteiger partial charge in [-0.1, -0.05) is 30.3 Å². The normalized spacial score (nSPS) is 13.8. The van der Waals surface area contributed by atoms with Crippen LogP contribution < -0.4 is 10.6 Å². The molecule has 0 radical (unpaired) electrons. The van der Waals surface area contributed by atoms with Crippen molar-refractivity contribution in [1.29, 1.82) is 0 Å². The molecule has 3 rings (SSSR count). The van der Waals surface area contributed by atoms with Crippen molar-refractivity contribution >= 4 is 23.3 Å². The number of nitrogens with zero attached hydrogens (tertiary/aromatic N) is 2. The second-order valence-corrected chi connectivity index (χ2v) is 6.68. The standard InChI is InChI=1S/C17H20N4O2S/c1-18-17(23)21-9-7-13-14(8-10-21)24-16(20-13)15(22)19-11-12-5-3-2-4-6-12/h2-6H,7-11H2,1H3,(H,18,23)(H,19,22). The summed E-state index contributed by atoms with van der Waals surface area (Å²) >= 11 is 1.43. The predicted octanol–water partition coefficient (Wildman–Crippen LogP) is 1.81. The van der Waals surface area contributed by atoms with E-state index in [1.165, 1.54) is 11.3 Å². The van der Waals surface area contributed by atoms with Gasteiger partial charge in [-0.2, -0.15) is 0 Å². The highest BCUT2D eigenvalue weighted by Gasteiger charge is 2.22. The maximum absolute atomic E-state index is 12.3. The van der Waals surface area contributed by atoms with Crippen LogP contribution in [0.15, 0.2) is 30.3 Å². The van der Waals surface area contributed by atoms with E-state index >= 15 is 0 Å². The molecule has 2 heterocycles. The van der Waals surface area contributed by atoms with E-state index in [1.54, 1.807) is 11.9 Å². The van der Waals surface area contributed by atoms with Gasteiger partial charge in [0.15, 0.2) is 5.01 Å². The van der Waals surface area contributed by atoms with Crippen LogP contribution in [0.25, 0.3) is 0 Å². The second kappa shape index (κ2) is 7.44. The Kier molecular flexibility index (Phi) is 5.10. The van der Waals surface area contributed by atoms with E-state index in [0.29, 0.717) is 31.1 Å². The van der Waals surface area contributed by atoms with Crippen LogP contribution in [0.5, 0.6) is 0 Å². The predicted molar refractivity (Wildman–Crippen MR) is 93.2 cm³/mol. The minimum atomic E-state index is -0.139. The number of thiazole rings is 1. The van der Waals surface area contributed by atoms with E-state index in [-0.39, 0.29) is 11.9 Å². The van der Waals surface area contributed by atoms with Crippen LogP contribution in [-0.4, -0.2) is 42.0 Å². The van der Waals surface area contributed by atoms with E-state index < -0.39 is 0 Å². The van der Waals surface area contributed by atoms with Crippen LogP contribution in [-0.2, 0) is 19.4 Å². The van der Waals surface area contributed by atoms with E-state index in [4.69, 9.17) is 0 Å². The van der Waals surface area contributed by atoms with Gasteiger partial charge < -0.3 is 15.5 Å². The third kappa shape index (κ3) is 3.73. The number of amides is 3. The maximum Gasteiger partial charge on any atom is 0.317 e. The number of nitrogens with one attached hydrogen (secondary N) is 2. The maximum atomic E-state index is 12.3. The Labute approximate surface area is 144 Å². The van der Waals surface area contributed by atoms with Crippen LogP contribution in [0.2, 0.25) is 0 Å². The van der Waals surface area contributed by atoms with Gasteiger partial charge in [0.1, 0.15) is 0 Å². The van der Waals surface area contributed by atoms with Crippen molar-refractivity contribution in [2.24, 2.45) is 0 Å². The Morgan fingerprint density at radius 3 is 2.71 bits per heavy atom. The van der Waals surface area contributed by atoms with E-state index in [9.17, 15) is 9.59 Å². The monoisotopic (exact) mass is 344 g/mol. The van der Waals surface area contributed by atoms with Crippen molar-refractivity contribution in [3.05, 3.63) is 51.5 Å². The molecule has 1 aliphatic rings. The number of rotatable bonds is 3. The molecule has 2 N–H and O–H groups in total. The molecule has 2 aromatic rings. The van der Waals surface area contributed by atoms with Crippen molar-refractivity contribution < 1.29 is 9.59 Å². The van der Waals surface area contributed by atoms with Crippen molar-refractivity contribution in [3.63, 3.8) is 0 Å². The second-order valence-electron chi connectivity index (χ2n) is 5.60. The zero-order chi connectivity index (χ0) is 16.9. The molecule has 0 fully saturated rings. The molecular weight excluding hydrogens is 324 g/mol. The Morgan fingerprint density at radius 1 is 1.21 bits per heavy atom. The molecule has 1 aromatic carbocycles. The molecule has 7 heteroatoms. The molecule has 0 saturated heterocycles. The van der Waals surface area contributed by atoms with Gasteiger partial charge in [-0.3, -0.25) is 4.79 Å². The molecule has 0 bridgehead atoms. The van der Waals surface area contributed by atoms with Crippen molar-refractivity contribution in [3.8, 4) is 0 Å². The summed E-state index contributed by atoms with van der Waals surface area (Å²) in [6.45, 7) is 1.77. The Bertz CT molecular complexity index is 704. The average Bonchev–Trinajstić information content (AvgIpc) is 2.93. The quantitative estimate of drug-likeness (QED) is 0.892. The summed E-state index contributed by atoms with van der Waals surface area (Å²) in [6, 6.07) is 9.74. The van der Waals surface area contributed by atoms with Gasteiger partial charge in [-0.15, -0.1) is 11.3 Å². The van der Waals surface area contributed by atoms with Crippen LogP contribution in [0.3, 0.4) is 0 Å². The fourth-order valence-electron chi connectivity index (χ4n) is 2.68. The summed E-state index contributed by atoms with van der Waals surface area (Å²) in [5, 5.41) is 6.06. The summed E-state index contributed by atoms with van der Waals surface area (Å²) in [5.41, 5.74) is 2.00. The first kappa shape index (κ1) is 16.4. The number of carbonyl (C=O) groups is 2. The molecule has 3 amide bonds. The van der Waals surface area contributed by atoms with E-state index in [0.717, 1.165) is 22.6 Å². The lowest BCUT2D eigenvalue weighted by atomic mass is 10.2. The number of carbonyl (C=O) groups excluding carboxylic acids is 2. The number of urea groups is 1. The number of fused-ring (bicyclic) bond motifs is 1. The summed E-state index contributed by atoms with van der Waals surface area (Å²) in [6.07, 6.45) is 1.43. The van der Waals surface area contributed by atoms with Gasteiger partial charge in [0.25, 0.3) is 5.91 Å². The van der Waals surface area contributed by atoms with Crippen molar-refractivity contribution in [1.82, 2.24) is 20.5 Å². The number of benzene rings is 1. The van der Waals surface area contributed by atoms with Crippen molar-refractivity contribution in [2.45, 2.75) is 19.4 Å². The SMILES string of the molecule is CNC(=O)N1CCc2nc(C(=O)NCc3ccccc3)sc2CC1. The highest BCUT2D eigenvalue weighted by atomic mass is 32.1. The van der Waals surface area contributed by atoms with Crippen LogP contribution in [0, 0.1) is 0 Å². The molecule has 6 nitrogen and oxygen atoms in total. The number of hydrogen-bond donors (Lipinski definition) is 2. The molecule has 0 saturated carbocycles. The smallest absolute Gasteiger partial charge is 0.317 e. The topological polar surface area (TPSA) is 74.3 Å². The largest absolute Gasteiger partial charge is 0.346 e. The Hall–Kier alpha value is -2.41. The molecule has 24 heavy (non-hydrogen) atoms. The third-order valence-electron chi connectivity index (χ3n) is 4.00. The van der Waals surface area contributed by atoms with E-state index in [2.05, 4.69) is 15.6 Å². The lowest BCUT2D eigenvalue weighted by Crippen LogP contribution is -2.39. The first-order valence-corrected chi connectivity index (χ1v) is 8.76. The molecule has 0 unspecified atom stereocenters. The highest BCUT2D eigenvalue weighted by molar-refractivity contribution is 7.13. The Balaban J connectivity index is 1.62. The number of aromatic nitrogens is 1. The minimum absolute atomic E-state index is 0.0639. The third-order valence-corrected chi connectivity index (χ3v) is 5.15. The van der Waals surface area contributed by atoms with E-state index in [1.807, 2.05) is 30.3 Å². The lowest BCUT2D eigenvalue weighted by Gasteiger charge is -2.19. The number of hydrogen-bond acceptors (Lipinski definition) is 4. The summed E-state index contributed by atoms with van der Waals surface area (Å²) < 4.78 is 0. The molecule has 0 atom stereocenters. The van der Waals surface area contributed by atoms with Gasteiger partial charge in [0.2, 0.25) is 0 Å². The molecule has 1 aliphatic heterocycles.